The third kappa shape index (κ3) is 1.69. The van der Waals surface area contributed by atoms with Crippen LogP contribution in [0.1, 0.15) is 25.7 Å². The van der Waals surface area contributed by atoms with Gasteiger partial charge < -0.3 is 15.2 Å². The summed E-state index contributed by atoms with van der Waals surface area (Å²) >= 11 is 0. The molecule has 2 aliphatic carbocycles. The van der Waals surface area contributed by atoms with Crippen LogP contribution in [-0.4, -0.2) is 37.5 Å². The van der Waals surface area contributed by atoms with Gasteiger partial charge in [0.15, 0.2) is 0 Å². The Morgan fingerprint density at radius 2 is 2.36 bits per heavy atom. The molecule has 14 heavy (non-hydrogen) atoms. The van der Waals surface area contributed by atoms with Crippen molar-refractivity contribution in [3.63, 3.8) is 0 Å². The third-order valence-electron chi connectivity index (χ3n) is 4.04. The average Bonchev–Trinajstić information content (AvgIpc) is 2.78. The maximum Gasteiger partial charge on any atom is 0.0616 e. The Hall–Kier alpha value is -0.120. The van der Waals surface area contributed by atoms with Crippen molar-refractivity contribution in [2.45, 2.75) is 31.2 Å². The van der Waals surface area contributed by atoms with Crippen molar-refractivity contribution in [1.29, 1.82) is 0 Å². The maximum absolute atomic E-state index is 9.53. The smallest absolute Gasteiger partial charge is 0.0616 e. The van der Waals surface area contributed by atoms with Gasteiger partial charge in [0.2, 0.25) is 0 Å². The minimum absolute atomic E-state index is 0.0292. The summed E-state index contributed by atoms with van der Waals surface area (Å²) in [6.07, 6.45) is 5.15. The minimum atomic E-state index is 0.0292. The van der Waals surface area contributed by atoms with Crippen LogP contribution in [0.3, 0.4) is 0 Å². The predicted octanol–water partition coefficient (Wildman–Crippen LogP) is 0.773. The van der Waals surface area contributed by atoms with Crippen LogP contribution < -0.4 is 5.32 Å². The maximum atomic E-state index is 9.53. The molecule has 3 atom stereocenters. The van der Waals surface area contributed by atoms with E-state index < -0.39 is 0 Å². The predicted molar refractivity (Wildman–Crippen MR) is 55.1 cm³/mol. The van der Waals surface area contributed by atoms with Gasteiger partial charge >= 0.3 is 0 Å². The summed E-state index contributed by atoms with van der Waals surface area (Å²) in [7, 11) is 1.72. The van der Waals surface area contributed by atoms with E-state index in [4.69, 9.17) is 4.74 Å². The van der Waals surface area contributed by atoms with Gasteiger partial charge in [-0.25, -0.2) is 0 Å². The lowest BCUT2D eigenvalue weighted by molar-refractivity contribution is 0.0942. The number of aliphatic hydroxyl groups is 1. The molecule has 2 fully saturated rings. The molecular formula is C11H21NO2. The third-order valence-corrected chi connectivity index (χ3v) is 4.04. The standard InChI is InChI=1S/C11H21NO2/c1-14-5-4-12-11(8-13)7-9-2-3-10(11)6-9/h9-10,12-13H,2-8H2,1H3. The summed E-state index contributed by atoms with van der Waals surface area (Å²) in [6.45, 7) is 1.89. The van der Waals surface area contributed by atoms with Gasteiger partial charge in [0.1, 0.15) is 0 Å². The van der Waals surface area contributed by atoms with Crippen LogP contribution in [0.4, 0.5) is 0 Å². The van der Waals surface area contributed by atoms with E-state index in [1.54, 1.807) is 7.11 Å². The number of rotatable bonds is 5. The van der Waals surface area contributed by atoms with Crippen molar-refractivity contribution in [3.8, 4) is 0 Å². The molecule has 0 spiro atoms. The van der Waals surface area contributed by atoms with Gasteiger partial charge in [-0.3, -0.25) is 0 Å². The zero-order chi connectivity index (χ0) is 10.0. The molecule has 3 nitrogen and oxygen atoms in total. The van der Waals surface area contributed by atoms with Gasteiger partial charge in [0.25, 0.3) is 0 Å². The zero-order valence-electron chi connectivity index (χ0n) is 8.96. The van der Waals surface area contributed by atoms with Gasteiger partial charge in [-0.1, -0.05) is 6.42 Å². The van der Waals surface area contributed by atoms with Crippen molar-refractivity contribution in [2.75, 3.05) is 26.9 Å². The molecule has 2 saturated carbocycles. The number of nitrogens with one attached hydrogen (secondary N) is 1. The highest BCUT2D eigenvalue weighted by Gasteiger charge is 2.50. The molecule has 2 bridgehead atoms. The first-order valence-electron chi connectivity index (χ1n) is 5.65. The van der Waals surface area contributed by atoms with Crippen molar-refractivity contribution < 1.29 is 9.84 Å². The van der Waals surface area contributed by atoms with Crippen LogP contribution in [0.5, 0.6) is 0 Å². The normalized spacial score (nSPS) is 40.7. The van der Waals surface area contributed by atoms with Crippen molar-refractivity contribution >= 4 is 0 Å². The highest BCUT2D eigenvalue weighted by molar-refractivity contribution is 5.06. The Kier molecular flexibility index (Phi) is 3.10. The van der Waals surface area contributed by atoms with Crippen LogP contribution in [-0.2, 0) is 4.74 Å². The van der Waals surface area contributed by atoms with Crippen molar-refractivity contribution in [3.05, 3.63) is 0 Å². The summed E-state index contributed by atoms with van der Waals surface area (Å²) in [6, 6.07) is 0. The molecule has 0 saturated heterocycles. The summed E-state index contributed by atoms with van der Waals surface area (Å²) in [5.41, 5.74) is 0.0292. The highest BCUT2D eigenvalue weighted by atomic mass is 16.5. The molecule has 2 rings (SSSR count). The van der Waals surface area contributed by atoms with Crippen molar-refractivity contribution in [2.24, 2.45) is 11.8 Å². The van der Waals surface area contributed by atoms with Crippen LogP contribution in [0.15, 0.2) is 0 Å². The topological polar surface area (TPSA) is 41.5 Å². The summed E-state index contributed by atoms with van der Waals surface area (Å²) in [4.78, 5) is 0. The van der Waals surface area contributed by atoms with Crippen LogP contribution in [0.25, 0.3) is 0 Å². The van der Waals surface area contributed by atoms with E-state index in [0.29, 0.717) is 5.92 Å². The molecule has 0 aromatic heterocycles. The lowest BCUT2D eigenvalue weighted by atomic mass is 9.81. The van der Waals surface area contributed by atoms with Gasteiger partial charge in [-0.2, -0.15) is 0 Å². The van der Waals surface area contributed by atoms with Gasteiger partial charge in [0.05, 0.1) is 13.2 Å². The molecule has 3 unspecified atom stereocenters. The molecule has 3 heteroatoms. The Bertz CT molecular complexity index is 198. The van der Waals surface area contributed by atoms with E-state index in [1.807, 2.05) is 0 Å². The largest absolute Gasteiger partial charge is 0.394 e. The fourth-order valence-corrected chi connectivity index (χ4v) is 3.31. The number of methoxy groups -OCH3 is 1. The van der Waals surface area contributed by atoms with E-state index in [2.05, 4.69) is 5.32 Å². The Morgan fingerprint density at radius 3 is 2.86 bits per heavy atom. The molecule has 0 aromatic carbocycles. The molecule has 0 aliphatic heterocycles. The SMILES string of the molecule is COCCNC1(CO)CC2CCC1C2. The monoisotopic (exact) mass is 199 g/mol. The highest BCUT2D eigenvalue weighted by Crippen LogP contribution is 2.50. The number of fused-ring (bicyclic) bond motifs is 2. The summed E-state index contributed by atoms with van der Waals surface area (Å²) in [5, 5.41) is 13.0. The fourth-order valence-electron chi connectivity index (χ4n) is 3.31. The minimum Gasteiger partial charge on any atom is -0.394 e. The molecule has 82 valence electrons. The number of hydrogen-bond donors (Lipinski definition) is 2. The lowest BCUT2D eigenvalue weighted by Gasteiger charge is -2.37. The molecule has 0 aromatic rings. The fraction of sp³-hybridized carbons (Fsp3) is 1.00. The average molecular weight is 199 g/mol. The van der Waals surface area contributed by atoms with E-state index >= 15 is 0 Å². The van der Waals surface area contributed by atoms with Crippen LogP contribution in [0, 0.1) is 11.8 Å². The van der Waals surface area contributed by atoms with Gasteiger partial charge in [-0.15, -0.1) is 0 Å². The first-order valence-corrected chi connectivity index (χ1v) is 5.65. The second kappa shape index (κ2) is 4.17. The Labute approximate surface area is 85.8 Å². The molecule has 0 radical (unpaired) electrons. The summed E-state index contributed by atoms with van der Waals surface area (Å²) < 4.78 is 5.03. The van der Waals surface area contributed by atoms with Crippen LogP contribution >= 0.6 is 0 Å². The quantitative estimate of drug-likeness (QED) is 0.643. The Balaban J connectivity index is 1.90. The molecule has 0 amide bonds. The van der Waals surface area contributed by atoms with E-state index in [1.165, 1.54) is 19.3 Å². The first kappa shape index (κ1) is 10.4. The zero-order valence-corrected chi connectivity index (χ0v) is 8.96. The number of ether oxygens (including phenoxy) is 1. The van der Waals surface area contributed by atoms with Crippen molar-refractivity contribution in [1.82, 2.24) is 5.32 Å². The second-order valence-corrected chi connectivity index (χ2v) is 4.81. The summed E-state index contributed by atoms with van der Waals surface area (Å²) in [5.74, 6) is 1.57. The molecule has 0 heterocycles. The number of hydrogen-bond acceptors (Lipinski definition) is 3. The second-order valence-electron chi connectivity index (χ2n) is 4.81. The first-order chi connectivity index (χ1) is 6.80. The van der Waals surface area contributed by atoms with E-state index in [-0.39, 0.29) is 12.1 Å². The molecule has 2 aliphatic rings. The van der Waals surface area contributed by atoms with Crippen LogP contribution in [0.2, 0.25) is 0 Å². The van der Waals surface area contributed by atoms with E-state index in [0.717, 1.165) is 25.5 Å². The molecule has 2 N–H and O–H groups in total. The van der Waals surface area contributed by atoms with E-state index in [9.17, 15) is 5.11 Å². The Morgan fingerprint density at radius 1 is 1.50 bits per heavy atom. The van der Waals surface area contributed by atoms with Gasteiger partial charge in [-0.05, 0) is 31.1 Å². The molecular weight excluding hydrogens is 178 g/mol. The van der Waals surface area contributed by atoms with Gasteiger partial charge in [0, 0.05) is 19.2 Å². The lowest BCUT2D eigenvalue weighted by Crippen LogP contribution is -2.53. The number of aliphatic hydroxyl groups excluding tert-OH is 1.